The Morgan fingerprint density at radius 3 is 2.70 bits per heavy atom. The zero-order chi connectivity index (χ0) is 17.2. The average molecular weight is 337 g/mol. The Hall–Kier alpha value is -2.35. The number of rotatable bonds is 5. The van der Waals surface area contributed by atoms with Crippen molar-refractivity contribution in [2.24, 2.45) is 7.05 Å². The third-order valence-corrected chi connectivity index (χ3v) is 4.67. The Morgan fingerprint density at radius 2 is 2.04 bits per heavy atom. The number of sulfonamides is 1. The van der Waals surface area contributed by atoms with E-state index in [1.54, 1.807) is 33.0 Å². The van der Waals surface area contributed by atoms with Crippen LogP contribution in [0.2, 0.25) is 0 Å². The minimum absolute atomic E-state index is 0.0492. The van der Waals surface area contributed by atoms with Crippen molar-refractivity contribution in [2.75, 3.05) is 11.3 Å². The van der Waals surface area contributed by atoms with E-state index in [4.69, 9.17) is 4.74 Å². The van der Waals surface area contributed by atoms with Gasteiger partial charge in [0.2, 0.25) is 0 Å². The summed E-state index contributed by atoms with van der Waals surface area (Å²) in [6.07, 6.45) is 1.42. The first kappa shape index (κ1) is 17.0. The van der Waals surface area contributed by atoms with Crippen LogP contribution in [0, 0.1) is 13.8 Å². The minimum atomic E-state index is -3.86. The predicted octanol–water partition coefficient (Wildman–Crippen LogP) is 2.01. The highest BCUT2D eigenvalue weighted by atomic mass is 32.2. The molecule has 0 saturated carbocycles. The topological polar surface area (TPSA) is 90.3 Å². The summed E-state index contributed by atoms with van der Waals surface area (Å²) in [5.41, 5.74) is 1.50. The Kier molecular flexibility index (Phi) is 4.74. The first-order valence-electron chi connectivity index (χ1n) is 7.05. The first-order valence-corrected chi connectivity index (χ1v) is 8.53. The molecular weight excluding hydrogens is 318 g/mol. The Labute approximate surface area is 135 Å². The quantitative estimate of drug-likeness (QED) is 0.843. The molecule has 1 aromatic heterocycles. The van der Waals surface area contributed by atoms with Crippen molar-refractivity contribution in [3.63, 3.8) is 0 Å². The monoisotopic (exact) mass is 337 g/mol. The fourth-order valence-corrected chi connectivity index (χ4v) is 3.45. The third-order valence-electron chi connectivity index (χ3n) is 3.19. The molecule has 2 rings (SSSR count). The molecule has 1 N–H and O–H groups in total. The second-order valence-corrected chi connectivity index (χ2v) is 6.81. The highest BCUT2D eigenvalue weighted by Crippen LogP contribution is 2.22. The van der Waals surface area contributed by atoms with Crippen LogP contribution in [-0.2, 0) is 21.8 Å². The molecule has 124 valence electrons. The molecule has 8 heteroatoms. The molecule has 0 spiro atoms. The molecule has 1 aromatic carbocycles. The van der Waals surface area contributed by atoms with Crippen LogP contribution in [-0.4, -0.2) is 30.8 Å². The van der Waals surface area contributed by atoms with Crippen molar-refractivity contribution >= 4 is 21.8 Å². The molecule has 0 unspecified atom stereocenters. The number of anilines is 1. The summed E-state index contributed by atoms with van der Waals surface area (Å²) in [5, 5.41) is 4.00. The molecule has 0 bridgehead atoms. The lowest BCUT2D eigenvalue weighted by Gasteiger charge is -2.10. The highest BCUT2D eigenvalue weighted by Gasteiger charge is 2.23. The lowest BCUT2D eigenvalue weighted by atomic mass is 10.2. The molecule has 0 amide bonds. The van der Waals surface area contributed by atoms with Gasteiger partial charge in [0.15, 0.2) is 5.82 Å². The number of hydrogen-bond acceptors (Lipinski definition) is 5. The lowest BCUT2D eigenvalue weighted by molar-refractivity contribution is 0.0527. The minimum Gasteiger partial charge on any atom is -0.462 e. The normalized spacial score (nSPS) is 11.3. The number of ether oxygens (including phenoxy) is 1. The Bertz CT molecular complexity index is 840. The van der Waals surface area contributed by atoms with Gasteiger partial charge in [-0.2, -0.15) is 5.10 Å². The SMILES string of the molecule is CCOC(=O)c1cn(C)nc1NS(=O)(=O)c1cc(C)ccc1C. The second-order valence-electron chi connectivity index (χ2n) is 5.16. The molecule has 0 aliphatic carbocycles. The summed E-state index contributed by atoms with van der Waals surface area (Å²) >= 11 is 0. The molecule has 0 fully saturated rings. The van der Waals surface area contributed by atoms with E-state index in [-0.39, 0.29) is 22.9 Å². The van der Waals surface area contributed by atoms with Crippen LogP contribution in [0.4, 0.5) is 5.82 Å². The summed E-state index contributed by atoms with van der Waals surface area (Å²) in [6.45, 7) is 5.38. The summed E-state index contributed by atoms with van der Waals surface area (Å²) < 4.78 is 33.9. The van der Waals surface area contributed by atoms with E-state index >= 15 is 0 Å². The summed E-state index contributed by atoms with van der Waals surface area (Å²) in [5.74, 6) is -0.675. The Morgan fingerprint density at radius 1 is 1.35 bits per heavy atom. The van der Waals surface area contributed by atoms with Gasteiger partial charge in [0.25, 0.3) is 10.0 Å². The van der Waals surface area contributed by atoms with Crippen molar-refractivity contribution in [3.05, 3.63) is 41.1 Å². The zero-order valence-electron chi connectivity index (χ0n) is 13.5. The van der Waals surface area contributed by atoms with Crippen molar-refractivity contribution in [1.82, 2.24) is 9.78 Å². The van der Waals surface area contributed by atoms with Gasteiger partial charge in [0.1, 0.15) is 5.56 Å². The number of nitrogens with zero attached hydrogens (tertiary/aromatic N) is 2. The zero-order valence-corrected chi connectivity index (χ0v) is 14.3. The van der Waals surface area contributed by atoms with E-state index in [0.717, 1.165) is 5.56 Å². The maximum Gasteiger partial charge on any atom is 0.343 e. The van der Waals surface area contributed by atoms with Gasteiger partial charge < -0.3 is 4.74 Å². The van der Waals surface area contributed by atoms with Crippen LogP contribution in [0.3, 0.4) is 0 Å². The molecule has 0 atom stereocenters. The van der Waals surface area contributed by atoms with Gasteiger partial charge in [-0.15, -0.1) is 0 Å². The van der Waals surface area contributed by atoms with Crippen molar-refractivity contribution in [1.29, 1.82) is 0 Å². The highest BCUT2D eigenvalue weighted by molar-refractivity contribution is 7.92. The molecular formula is C15H19N3O4S. The van der Waals surface area contributed by atoms with Crippen LogP contribution in [0.15, 0.2) is 29.3 Å². The van der Waals surface area contributed by atoms with Crippen LogP contribution in [0.5, 0.6) is 0 Å². The smallest absolute Gasteiger partial charge is 0.343 e. The Balaban J connectivity index is 2.42. The molecule has 7 nitrogen and oxygen atoms in total. The van der Waals surface area contributed by atoms with Gasteiger partial charge in [-0.3, -0.25) is 9.40 Å². The van der Waals surface area contributed by atoms with Gasteiger partial charge in [0.05, 0.1) is 11.5 Å². The second kappa shape index (κ2) is 6.41. The van der Waals surface area contributed by atoms with Crippen molar-refractivity contribution in [3.8, 4) is 0 Å². The van der Waals surface area contributed by atoms with Gasteiger partial charge in [-0.1, -0.05) is 12.1 Å². The summed E-state index contributed by atoms with van der Waals surface area (Å²) in [6, 6.07) is 5.14. The van der Waals surface area contributed by atoms with E-state index in [1.165, 1.54) is 10.9 Å². The number of carbonyl (C=O) groups excluding carboxylic acids is 1. The van der Waals surface area contributed by atoms with Crippen molar-refractivity contribution < 1.29 is 17.9 Å². The van der Waals surface area contributed by atoms with Gasteiger partial charge in [-0.25, -0.2) is 13.2 Å². The maximum atomic E-state index is 12.6. The van der Waals surface area contributed by atoms with Crippen LogP contribution in [0.25, 0.3) is 0 Å². The largest absolute Gasteiger partial charge is 0.462 e. The number of nitrogens with one attached hydrogen (secondary N) is 1. The molecule has 2 aromatic rings. The van der Waals surface area contributed by atoms with E-state index in [0.29, 0.717) is 5.56 Å². The molecule has 0 saturated heterocycles. The van der Waals surface area contributed by atoms with Crippen LogP contribution >= 0.6 is 0 Å². The van der Waals surface area contributed by atoms with Gasteiger partial charge >= 0.3 is 5.97 Å². The third kappa shape index (κ3) is 3.70. The fourth-order valence-electron chi connectivity index (χ4n) is 2.10. The first-order chi connectivity index (χ1) is 10.7. The number of aryl methyl sites for hydroxylation is 3. The molecule has 1 heterocycles. The fraction of sp³-hybridized carbons (Fsp3) is 0.333. The molecule has 23 heavy (non-hydrogen) atoms. The van der Waals surface area contributed by atoms with Crippen LogP contribution in [0.1, 0.15) is 28.4 Å². The maximum absolute atomic E-state index is 12.6. The number of esters is 1. The summed E-state index contributed by atoms with van der Waals surface area (Å²) in [4.78, 5) is 12.1. The number of carbonyl (C=O) groups is 1. The number of hydrogen-bond donors (Lipinski definition) is 1. The standard InChI is InChI=1S/C15H19N3O4S/c1-5-22-15(19)12-9-18(4)16-14(12)17-23(20,21)13-8-10(2)6-7-11(13)3/h6-9H,5H2,1-4H3,(H,16,17). The number of benzene rings is 1. The average Bonchev–Trinajstić information content (AvgIpc) is 2.81. The molecule has 0 radical (unpaired) electrons. The van der Waals surface area contributed by atoms with Gasteiger partial charge in [-0.05, 0) is 38.0 Å². The van der Waals surface area contributed by atoms with E-state index in [2.05, 4.69) is 9.82 Å². The number of aromatic nitrogens is 2. The van der Waals surface area contributed by atoms with Crippen molar-refractivity contribution in [2.45, 2.75) is 25.7 Å². The van der Waals surface area contributed by atoms with Gasteiger partial charge in [0, 0.05) is 13.2 Å². The predicted molar refractivity (Wildman–Crippen MR) is 85.9 cm³/mol. The molecule has 0 aliphatic rings. The van der Waals surface area contributed by atoms with E-state index in [9.17, 15) is 13.2 Å². The molecule has 0 aliphatic heterocycles. The van der Waals surface area contributed by atoms with Crippen LogP contribution < -0.4 is 4.72 Å². The van der Waals surface area contributed by atoms with E-state index in [1.807, 2.05) is 13.0 Å². The lowest BCUT2D eigenvalue weighted by Crippen LogP contribution is -2.17. The van der Waals surface area contributed by atoms with E-state index < -0.39 is 16.0 Å². The summed E-state index contributed by atoms with van der Waals surface area (Å²) in [7, 11) is -2.26.